The lowest BCUT2D eigenvalue weighted by Crippen LogP contribution is -2.09. The molecular formula is C21H22F3N3. The first-order chi connectivity index (χ1) is 12.7. The molecule has 3 aromatic rings. The van der Waals surface area contributed by atoms with Gasteiger partial charge in [-0.05, 0) is 62.2 Å². The maximum absolute atomic E-state index is 12.7. The highest BCUT2D eigenvalue weighted by Crippen LogP contribution is 2.30. The van der Waals surface area contributed by atoms with Crippen molar-refractivity contribution in [3.63, 3.8) is 0 Å². The van der Waals surface area contributed by atoms with Crippen LogP contribution in [0.2, 0.25) is 0 Å². The highest BCUT2D eigenvalue weighted by molar-refractivity contribution is 5.48. The number of anilines is 1. The Morgan fingerprint density at radius 3 is 2.33 bits per heavy atom. The molecule has 1 aromatic heterocycles. The minimum atomic E-state index is -4.31. The molecule has 0 amide bonds. The third-order valence-electron chi connectivity index (χ3n) is 4.48. The summed E-state index contributed by atoms with van der Waals surface area (Å²) < 4.78 is 40.0. The molecule has 0 bridgehead atoms. The van der Waals surface area contributed by atoms with Crippen LogP contribution in [0.5, 0.6) is 0 Å². The molecule has 0 aliphatic heterocycles. The Hall–Kier alpha value is -2.76. The van der Waals surface area contributed by atoms with Crippen LogP contribution in [0.1, 0.15) is 41.0 Å². The molecule has 2 aromatic carbocycles. The molecule has 0 aliphatic rings. The topological polar surface area (TPSA) is 29.9 Å². The smallest absolute Gasteiger partial charge is 0.379 e. The molecule has 3 rings (SSSR count). The van der Waals surface area contributed by atoms with Crippen molar-refractivity contribution < 1.29 is 13.2 Å². The molecule has 0 aliphatic carbocycles. The highest BCUT2D eigenvalue weighted by Gasteiger charge is 2.30. The molecular weight excluding hydrogens is 351 g/mol. The van der Waals surface area contributed by atoms with Crippen molar-refractivity contribution >= 4 is 5.69 Å². The van der Waals surface area contributed by atoms with E-state index in [9.17, 15) is 13.2 Å². The van der Waals surface area contributed by atoms with Gasteiger partial charge in [-0.25, -0.2) is 0 Å². The number of nitrogens with zero attached hydrogens (tertiary/aromatic N) is 2. The van der Waals surface area contributed by atoms with Crippen molar-refractivity contribution in [3.05, 3.63) is 82.7 Å². The van der Waals surface area contributed by atoms with E-state index in [2.05, 4.69) is 10.4 Å². The lowest BCUT2D eigenvalue weighted by atomic mass is 10.1. The summed E-state index contributed by atoms with van der Waals surface area (Å²) in [7, 11) is 0. The van der Waals surface area contributed by atoms with Crippen molar-refractivity contribution in [2.45, 2.75) is 39.5 Å². The number of aryl methyl sites for hydroxylation is 2. The summed E-state index contributed by atoms with van der Waals surface area (Å²) in [6, 6.07) is 15.2. The van der Waals surface area contributed by atoms with Crippen LogP contribution < -0.4 is 5.32 Å². The summed E-state index contributed by atoms with van der Waals surface area (Å²) in [4.78, 5) is 0. The Morgan fingerprint density at radius 2 is 1.74 bits per heavy atom. The monoisotopic (exact) mass is 373 g/mol. The molecule has 1 heterocycles. The van der Waals surface area contributed by atoms with Crippen molar-refractivity contribution in [3.8, 4) is 0 Å². The fourth-order valence-corrected chi connectivity index (χ4v) is 3.06. The molecule has 0 spiro atoms. The van der Waals surface area contributed by atoms with Crippen molar-refractivity contribution in [2.75, 3.05) is 5.32 Å². The Labute approximate surface area is 156 Å². The number of hydrogen-bond acceptors (Lipinski definition) is 2. The predicted octanol–water partition coefficient (Wildman–Crippen LogP) is 5.74. The predicted molar refractivity (Wildman–Crippen MR) is 101 cm³/mol. The van der Waals surface area contributed by atoms with Gasteiger partial charge >= 0.3 is 6.18 Å². The molecule has 1 N–H and O–H groups in total. The van der Waals surface area contributed by atoms with Crippen LogP contribution in [0.15, 0.2) is 54.6 Å². The van der Waals surface area contributed by atoms with Gasteiger partial charge in [0.1, 0.15) is 0 Å². The van der Waals surface area contributed by atoms with Crippen LogP contribution >= 0.6 is 0 Å². The molecule has 0 saturated heterocycles. The third kappa shape index (κ3) is 4.70. The van der Waals surface area contributed by atoms with Crippen LogP contribution in [0.25, 0.3) is 0 Å². The molecule has 1 atom stereocenters. The van der Waals surface area contributed by atoms with E-state index in [0.717, 1.165) is 40.3 Å². The molecule has 27 heavy (non-hydrogen) atoms. The van der Waals surface area contributed by atoms with Gasteiger partial charge in [0.05, 0.1) is 17.8 Å². The van der Waals surface area contributed by atoms with Crippen molar-refractivity contribution in [2.24, 2.45) is 0 Å². The van der Waals surface area contributed by atoms with Gasteiger partial charge in [-0.2, -0.15) is 18.3 Å². The Kier molecular flexibility index (Phi) is 5.26. The molecule has 142 valence electrons. The minimum absolute atomic E-state index is 0.115. The van der Waals surface area contributed by atoms with Crippen LogP contribution in [0.4, 0.5) is 18.9 Å². The average molecular weight is 373 g/mol. The quantitative estimate of drug-likeness (QED) is 0.618. The first-order valence-corrected chi connectivity index (χ1v) is 8.76. The SMILES string of the molecule is Cc1cc(C)n(Cc2cccc(N[C@H](C)c3ccc(C(F)(F)F)cc3)c2)n1. The average Bonchev–Trinajstić information content (AvgIpc) is 2.91. The maximum atomic E-state index is 12.7. The second kappa shape index (κ2) is 7.47. The summed E-state index contributed by atoms with van der Waals surface area (Å²) in [6.07, 6.45) is -4.31. The van der Waals surface area contributed by atoms with Gasteiger partial charge in [0.2, 0.25) is 0 Å². The Balaban J connectivity index is 1.71. The summed E-state index contributed by atoms with van der Waals surface area (Å²) in [5, 5.41) is 7.83. The Morgan fingerprint density at radius 1 is 1.04 bits per heavy atom. The molecule has 0 fully saturated rings. The van der Waals surface area contributed by atoms with E-state index in [1.165, 1.54) is 12.1 Å². The second-order valence-electron chi connectivity index (χ2n) is 6.77. The van der Waals surface area contributed by atoms with E-state index in [0.29, 0.717) is 6.54 Å². The zero-order valence-corrected chi connectivity index (χ0v) is 15.5. The number of nitrogens with one attached hydrogen (secondary N) is 1. The summed E-state index contributed by atoms with van der Waals surface area (Å²) in [5.74, 6) is 0. The van der Waals surface area contributed by atoms with Gasteiger partial charge in [-0.3, -0.25) is 4.68 Å². The van der Waals surface area contributed by atoms with E-state index < -0.39 is 11.7 Å². The van der Waals surface area contributed by atoms with E-state index >= 15 is 0 Å². The van der Waals surface area contributed by atoms with Gasteiger partial charge in [-0.15, -0.1) is 0 Å². The fraction of sp³-hybridized carbons (Fsp3) is 0.286. The zero-order valence-electron chi connectivity index (χ0n) is 15.5. The van der Waals surface area contributed by atoms with Gasteiger partial charge in [-0.1, -0.05) is 24.3 Å². The summed E-state index contributed by atoms with van der Waals surface area (Å²) in [6.45, 7) is 6.59. The summed E-state index contributed by atoms with van der Waals surface area (Å²) >= 11 is 0. The maximum Gasteiger partial charge on any atom is 0.416 e. The van der Waals surface area contributed by atoms with Gasteiger partial charge in [0, 0.05) is 17.4 Å². The lowest BCUT2D eigenvalue weighted by molar-refractivity contribution is -0.137. The van der Waals surface area contributed by atoms with E-state index in [4.69, 9.17) is 0 Å². The van der Waals surface area contributed by atoms with E-state index in [1.807, 2.05) is 55.8 Å². The number of alkyl halides is 3. The summed E-state index contributed by atoms with van der Waals surface area (Å²) in [5.41, 5.74) is 4.27. The number of benzene rings is 2. The van der Waals surface area contributed by atoms with Crippen LogP contribution in [0, 0.1) is 13.8 Å². The first kappa shape index (κ1) is 19.0. The number of aromatic nitrogens is 2. The van der Waals surface area contributed by atoms with Crippen LogP contribution in [-0.2, 0) is 12.7 Å². The molecule has 3 nitrogen and oxygen atoms in total. The molecule has 0 unspecified atom stereocenters. The third-order valence-corrected chi connectivity index (χ3v) is 4.48. The number of rotatable bonds is 5. The largest absolute Gasteiger partial charge is 0.416 e. The molecule has 6 heteroatoms. The minimum Gasteiger partial charge on any atom is -0.379 e. The first-order valence-electron chi connectivity index (χ1n) is 8.76. The van der Waals surface area contributed by atoms with Crippen molar-refractivity contribution in [1.29, 1.82) is 0 Å². The standard InChI is InChI=1S/C21H22F3N3/c1-14-11-15(2)27(26-14)13-17-5-4-6-20(12-17)25-16(3)18-7-9-19(10-8-18)21(22,23)24/h4-12,16,25H,13H2,1-3H3/t16-/m1/s1. The van der Waals surface area contributed by atoms with Crippen LogP contribution in [0.3, 0.4) is 0 Å². The number of halogens is 3. The number of hydrogen-bond donors (Lipinski definition) is 1. The molecule has 0 radical (unpaired) electrons. The van der Waals surface area contributed by atoms with Crippen molar-refractivity contribution in [1.82, 2.24) is 9.78 Å². The lowest BCUT2D eigenvalue weighted by Gasteiger charge is -2.17. The van der Waals surface area contributed by atoms with Gasteiger partial charge in [0.15, 0.2) is 0 Å². The second-order valence-corrected chi connectivity index (χ2v) is 6.77. The zero-order chi connectivity index (χ0) is 19.6. The highest BCUT2D eigenvalue weighted by atomic mass is 19.4. The molecule has 0 saturated carbocycles. The van der Waals surface area contributed by atoms with E-state index in [1.54, 1.807) is 0 Å². The van der Waals surface area contributed by atoms with Crippen LogP contribution in [-0.4, -0.2) is 9.78 Å². The Bertz CT molecular complexity index is 911. The normalized spacial score (nSPS) is 12.8. The fourth-order valence-electron chi connectivity index (χ4n) is 3.06. The van der Waals surface area contributed by atoms with Gasteiger partial charge in [0.25, 0.3) is 0 Å². The van der Waals surface area contributed by atoms with Gasteiger partial charge < -0.3 is 5.32 Å². The van der Waals surface area contributed by atoms with E-state index in [-0.39, 0.29) is 6.04 Å².